The maximum atomic E-state index is 12.5. The van der Waals surface area contributed by atoms with Crippen LogP contribution in [0.2, 0.25) is 0 Å². The van der Waals surface area contributed by atoms with Crippen molar-refractivity contribution in [2.45, 2.75) is 39.0 Å². The van der Waals surface area contributed by atoms with Crippen LogP contribution in [-0.2, 0) is 9.59 Å². The van der Waals surface area contributed by atoms with Gasteiger partial charge in [-0.15, -0.1) is 0 Å². The number of aryl methyl sites for hydroxylation is 1. The molecule has 2 N–H and O–H groups in total. The first kappa shape index (κ1) is 24.0. The Morgan fingerprint density at radius 1 is 1.31 bits per heavy atom. The summed E-state index contributed by atoms with van der Waals surface area (Å²) in [6, 6.07) is 5.84. The van der Waals surface area contributed by atoms with Crippen molar-refractivity contribution < 1.29 is 14.3 Å². The Balaban J connectivity index is 1.17. The summed E-state index contributed by atoms with van der Waals surface area (Å²) in [6.07, 6.45) is 9.23. The number of carbonyl (C=O) groups excluding carboxylic acids is 2. The lowest BCUT2D eigenvalue weighted by Gasteiger charge is -2.26. The van der Waals surface area contributed by atoms with Crippen LogP contribution in [0, 0.1) is 12.8 Å². The van der Waals surface area contributed by atoms with E-state index in [0.717, 1.165) is 41.3 Å². The quantitative estimate of drug-likeness (QED) is 0.505. The molecule has 8 nitrogen and oxygen atoms in total. The molecular weight excluding hydrogens is 482 g/mol. The zero-order valence-electron chi connectivity index (χ0n) is 19.7. The number of nitrogens with zero attached hydrogens (tertiary/aromatic N) is 3. The molecule has 35 heavy (non-hydrogen) atoms. The Morgan fingerprint density at radius 2 is 2.14 bits per heavy atom. The van der Waals surface area contributed by atoms with Gasteiger partial charge in [-0.25, -0.2) is 9.98 Å². The molecule has 0 spiro atoms. The van der Waals surface area contributed by atoms with Crippen LogP contribution in [0.5, 0.6) is 5.75 Å². The van der Waals surface area contributed by atoms with Gasteiger partial charge in [-0.05, 0) is 87.3 Å². The number of anilines is 1. The number of thioether (sulfide) groups is 1. The number of amides is 2. The van der Waals surface area contributed by atoms with Crippen molar-refractivity contribution in [3.05, 3.63) is 39.7 Å². The van der Waals surface area contributed by atoms with Crippen molar-refractivity contribution in [1.82, 2.24) is 15.2 Å². The monoisotopic (exact) mass is 511 g/mol. The summed E-state index contributed by atoms with van der Waals surface area (Å²) in [6.45, 7) is 5.95. The van der Waals surface area contributed by atoms with Crippen molar-refractivity contribution in [3.63, 3.8) is 0 Å². The fraction of sp³-hybridized carbons (Fsp3) is 0.440. The molecule has 184 valence electrons. The minimum Gasteiger partial charge on any atom is -0.492 e. The highest BCUT2D eigenvalue weighted by Crippen LogP contribution is 2.33. The third-order valence-electron chi connectivity index (χ3n) is 6.14. The number of nitrogens with one attached hydrogen (secondary N) is 2. The summed E-state index contributed by atoms with van der Waals surface area (Å²) >= 11 is 2.64. The molecule has 0 atom stereocenters. The van der Waals surface area contributed by atoms with Gasteiger partial charge in [0.25, 0.3) is 5.91 Å². The summed E-state index contributed by atoms with van der Waals surface area (Å²) in [5.74, 6) is 0.789. The number of benzene rings is 1. The molecule has 1 aromatic heterocycles. The third-order valence-corrected chi connectivity index (χ3v) is 7.91. The van der Waals surface area contributed by atoms with E-state index in [-0.39, 0.29) is 17.7 Å². The number of hydrogen-bond donors (Lipinski definition) is 2. The lowest BCUT2D eigenvalue weighted by molar-refractivity contribution is -0.117. The molecule has 5 rings (SSSR count). The average Bonchev–Trinajstić information content (AvgIpc) is 3.53. The molecule has 1 aromatic carbocycles. The summed E-state index contributed by atoms with van der Waals surface area (Å²) in [5, 5.41) is 6.76. The van der Waals surface area contributed by atoms with Gasteiger partial charge in [-0.1, -0.05) is 17.8 Å². The largest absolute Gasteiger partial charge is 0.492 e. The number of piperidine rings is 1. The van der Waals surface area contributed by atoms with Crippen LogP contribution in [0.1, 0.15) is 42.5 Å². The van der Waals surface area contributed by atoms with E-state index in [2.05, 4.69) is 25.5 Å². The van der Waals surface area contributed by atoms with Crippen LogP contribution >= 0.6 is 23.1 Å². The Morgan fingerprint density at radius 3 is 2.91 bits per heavy atom. The van der Waals surface area contributed by atoms with E-state index in [1.54, 1.807) is 12.3 Å². The molecule has 0 radical (unpaired) electrons. The van der Waals surface area contributed by atoms with E-state index in [1.165, 1.54) is 55.5 Å². The fourth-order valence-corrected chi connectivity index (χ4v) is 5.66. The van der Waals surface area contributed by atoms with E-state index < -0.39 is 0 Å². The fourth-order valence-electron chi connectivity index (χ4n) is 4.00. The van der Waals surface area contributed by atoms with Crippen LogP contribution < -0.4 is 15.4 Å². The molecule has 10 heteroatoms. The normalized spacial score (nSPS) is 20.9. The van der Waals surface area contributed by atoms with Crippen LogP contribution in [0.15, 0.2) is 34.3 Å². The first-order chi connectivity index (χ1) is 17.0. The molecule has 3 heterocycles. The lowest BCUT2D eigenvalue weighted by atomic mass is 10.1. The van der Waals surface area contributed by atoms with Crippen LogP contribution in [-0.4, -0.2) is 53.1 Å². The maximum absolute atomic E-state index is 12.5. The van der Waals surface area contributed by atoms with Crippen LogP contribution in [0.4, 0.5) is 10.8 Å². The van der Waals surface area contributed by atoms with Crippen molar-refractivity contribution in [1.29, 1.82) is 0 Å². The Bertz CT molecular complexity index is 1170. The molecule has 2 amide bonds. The van der Waals surface area contributed by atoms with Crippen molar-refractivity contribution in [3.8, 4) is 5.75 Å². The van der Waals surface area contributed by atoms with Gasteiger partial charge in [0.15, 0.2) is 10.3 Å². The molecule has 0 unspecified atom stereocenters. The number of aliphatic imine (C=N–C) groups is 1. The van der Waals surface area contributed by atoms with E-state index in [0.29, 0.717) is 21.8 Å². The highest BCUT2D eigenvalue weighted by atomic mass is 32.2. The molecule has 1 saturated carbocycles. The second-order valence-corrected chi connectivity index (χ2v) is 11.1. The van der Waals surface area contributed by atoms with Gasteiger partial charge in [-0.2, -0.15) is 0 Å². The van der Waals surface area contributed by atoms with Crippen LogP contribution in [0.3, 0.4) is 0 Å². The van der Waals surface area contributed by atoms with Crippen LogP contribution in [0.25, 0.3) is 6.08 Å². The summed E-state index contributed by atoms with van der Waals surface area (Å²) in [7, 11) is 0. The number of rotatable bonds is 8. The number of thiazole rings is 1. The molecule has 2 saturated heterocycles. The Kier molecular flexibility index (Phi) is 7.50. The minimum absolute atomic E-state index is 0.0229. The van der Waals surface area contributed by atoms with E-state index in [1.807, 2.05) is 25.1 Å². The zero-order chi connectivity index (χ0) is 24.2. The molecule has 2 aliphatic heterocycles. The first-order valence-electron chi connectivity index (χ1n) is 12.1. The molecule has 2 aromatic rings. The standard InChI is InChI=1S/C25H29N5O3S2/c1-16-13-18(33-12-11-30-9-3-2-4-10-30)7-8-20(16)27-25-29-23(32)21(35-25)14-19-15-26-24(34-19)28-22(31)17-5-6-17/h7-8,13-15,17H,2-6,9-12H2,1H3,(H,26,28,31)(H,27,29,32). The smallest absolute Gasteiger partial charge is 0.264 e. The predicted octanol–water partition coefficient (Wildman–Crippen LogP) is 4.56. The number of carbonyl (C=O) groups is 2. The van der Waals surface area contributed by atoms with Gasteiger partial charge in [0.05, 0.1) is 15.5 Å². The number of ether oxygens (including phenoxy) is 1. The minimum atomic E-state index is -0.193. The van der Waals surface area contributed by atoms with Crippen molar-refractivity contribution >= 4 is 57.0 Å². The van der Waals surface area contributed by atoms with Gasteiger partial charge in [0, 0.05) is 18.7 Å². The third kappa shape index (κ3) is 6.50. The van der Waals surface area contributed by atoms with Crippen molar-refractivity contribution in [2.24, 2.45) is 10.9 Å². The van der Waals surface area contributed by atoms with Gasteiger partial charge in [-0.3, -0.25) is 14.5 Å². The SMILES string of the molecule is Cc1cc(OCCN2CCCCC2)ccc1N=C1NC(=O)C(=Cc2cnc(NC(=O)C3CC3)s2)S1. The highest BCUT2D eigenvalue weighted by molar-refractivity contribution is 8.18. The molecule has 3 fully saturated rings. The Hall–Kier alpha value is -2.69. The summed E-state index contributed by atoms with van der Waals surface area (Å²) < 4.78 is 5.95. The molecule has 1 aliphatic carbocycles. The zero-order valence-corrected chi connectivity index (χ0v) is 21.3. The van der Waals surface area contributed by atoms with Crippen molar-refractivity contribution in [2.75, 3.05) is 31.6 Å². The van der Waals surface area contributed by atoms with Gasteiger partial charge < -0.3 is 15.4 Å². The van der Waals surface area contributed by atoms with E-state index >= 15 is 0 Å². The van der Waals surface area contributed by atoms with E-state index in [9.17, 15) is 9.59 Å². The lowest BCUT2D eigenvalue weighted by Crippen LogP contribution is -2.33. The highest BCUT2D eigenvalue weighted by Gasteiger charge is 2.30. The Labute approximate surface area is 213 Å². The molecule has 0 bridgehead atoms. The summed E-state index contributed by atoms with van der Waals surface area (Å²) in [5.41, 5.74) is 1.78. The predicted molar refractivity (Wildman–Crippen MR) is 141 cm³/mol. The molecular formula is C25H29N5O3S2. The summed E-state index contributed by atoms with van der Waals surface area (Å²) in [4.78, 5) is 37.1. The number of aromatic nitrogens is 1. The number of hydrogen-bond acceptors (Lipinski definition) is 8. The van der Waals surface area contributed by atoms with Gasteiger partial charge in [0.1, 0.15) is 12.4 Å². The maximum Gasteiger partial charge on any atom is 0.264 e. The number of amidine groups is 1. The molecule has 3 aliphatic rings. The second kappa shape index (κ2) is 10.9. The van der Waals surface area contributed by atoms with Gasteiger partial charge in [0.2, 0.25) is 5.91 Å². The first-order valence-corrected chi connectivity index (χ1v) is 13.7. The van der Waals surface area contributed by atoms with E-state index in [4.69, 9.17) is 4.74 Å². The average molecular weight is 512 g/mol. The topological polar surface area (TPSA) is 95.9 Å². The second-order valence-electron chi connectivity index (χ2n) is 9.01. The number of likely N-dealkylation sites (tertiary alicyclic amines) is 1. The van der Waals surface area contributed by atoms with Gasteiger partial charge >= 0.3 is 0 Å².